The molecule has 1 heterocycles. The molecule has 0 amide bonds. The number of phenolic OH excluding ortho intramolecular Hbond substituents is 2. The van der Waals surface area contributed by atoms with Crippen LogP contribution in [0.3, 0.4) is 0 Å². The first kappa shape index (κ1) is 19.5. The van der Waals surface area contributed by atoms with Gasteiger partial charge in [-0.15, -0.1) is 0 Å². The number of rotatable bonds is 3. The normalized spacial score (nSPS) is 17.3. The molecule has 1 unspecified atom stereocenters. The second-order valence-corrected chi connectivity index (χ2v) is 10.5. The molecule has 0 aliphatic carbocycles. The SMILES string of the molecule is CC(c1ccc(O)cc1)(c1ccc(O)cc1)P1(=O)Oc2ccccc2-c2ccccc21. The van der Waals surface area contributed by atoms with E-state index in [1.807, 2.05) is 55.5 Å². The van der Waals surface area contributed by atoms with Gasteiger partial charge in [0.05, 0.1) is 5.30 Å². The lowest BCUT2D eigenvalue weighted by molar-refractivity contribution is 0.460. The van der Waals surface area contributed by atoms with Crippen LogP contribution in [-0.4, -0.2) is 10.2 Å². The second-order valence-electron chi connectivity index (χ2n) is 7.82. The van der Waals surface area contributed by atoms with Crippen LogP contribution < -0.4 is 9.83 Å². The molecule has 0 bridgehead atoms. The molecule has 0 saturated heterocycles. The first-order valence-electron chi connectivity index (χ1n) is 10.0. The molecule has 5 rings (SSSR count). The fourth-order valence-corrected chi connectivity index (χ4v) is 7.30. The first-order chi connectivity index (χ1) is 14.9. The maximum absolute atomic E-state index is 15.1. The van der Waals surface area contributed by atoms with Crippen LogP contribution in [-0.2, 0) is 9.72 Å². The fraction of sp³-hybridized carbons (Fsp3) is 0.0769. The van der Waals surface area contributed by atoms with Gasteiger partial charge in [0.2, 0.25) is 0 Å². The molecular weight excluding hydrogens is 407 g/mol. The minimum atomic E-state index is -3.60. The van der Waals surface area contributed by atoms with Gasteiger partial charge in [-0.25, -0.2) is 0 Å². The van der Waals surface area contributed by atoms with Crippen LogP contribution >= 0.6 is 7.37 Å². The standard InChI is InChI=1S/C26H21O4P/c1-26(18-10-14-20(27)15-11-18,19-12-16-21(28)17-13-19)31(29)25-9-5-3-7-23(25)22-6-2-4-8-24(22)30-31/h2-17,27-28H,1H3. The van der Waals surface area contributed by atoms with Gasteiger partial charge in [0.15, 0.2) is 0 Å². The van der Waals surface area contributed by atoms with Gasteiger partial charge in [-0.1, -0.05) is 60.7 Å². The summed E-state index contributed by atoms with van der Waals surface area (Å²) in [4.78, 5) is 0. The van der Waals surface area contributed by atoms with Crippen molar-refractivity contribution in [3.63, 3.8) is 0 Å². The van der Waals surface area contributed by atoms with Crippen LogP contribution in [0.15, 0.2) is 97.1 Å². The summed E-state index contributed by atoms with van der Waals surface area (Å²) in [5.41, 5.74) is 3.28. The molecule has 1 aliphatic rings. The zero-order valence-electron chi connectivity index (χ0n) is 16.9. The number of para-hydroxylation sites is 1. The van der Waals surface area contributed by atoms with Crippen molar-refractivity contribution in [1.82, 2.24) is 0 Å². The van der Waals surface area contributed by atoms with Gasteiger partial charge >= 0.3 is 0 Å². The molecule has 1 aliphatic heterocycles. The Morgan fingerprint density at radius 2 is 1.16 bits per heavy atom. The van der Waals surface area contributed by atoms with Crippen LogP contribution in [0.25, 0.3) is 11.1 Å². The molecule has 31 heavy (non-hydrogen) atoms. The molecule has 4 aromatic rings. The third-order valence-electron chi connectivity index (χ3n) is 6.07. The molecular formula is C26H21O4P. The number of fused-ring (bicyclic) bond motifs is 3. The first-order valence-corrected chi connectivity index (χ1v) is 11.6. The quantitative estimate of drug-likeness (QED) is 0.391. The Balaban J connectivity index is 1.84. The Morgan fingerprint density at radius 3 is 1.74 bits per heavy atom. The van der Waals surface area contributed by atoms with E-state index in [-0.39, 0.29) is 11.5 Å². The summed E-state index contributed by atoms with van der Waals surface area (Å²) < 4.78 is 21.5. The van der Waals surface area contributed by atoms with Crippen molar-refractivity contribution in [2.24, 2.45) is 0 Å². The number of benzene rings is 4. The van der Waals surface area contributed by atoms with E-state index in [0.29, 0.717) is 11.1 Å². The van der Waals surface area contributed by atoms with E-state index in [0.717, 1.165) is 22.3 Å². The second kappa shape index (κ2) is 7.04. The predicted molar refractivity (Wildman–Crippen MR) is 122 cm³/mol. The Kier molecular flexibility index (Phi) is 4.42. The minimum absolute atomic E-state index is 0.130. The summed E-state index contributed by atoms with van der Waals surface area (Å²) in [6, 6.07) is 28.7. The minimum Gasteiger partial charge on any atom is -0.508 e. The maximum atomic E-state index is 15.1. The van der Waals surface area contributed by atoms with Gasteiger partial charge in [0.25, 0.3) is 7.37 Å². The highest BCUT2D eigenvalue weighted by Gasteiger charge is 2.53. The lowest BCUT2D eigenvalue weighted by Crippen LogP contribution is -2.34. The number of hydrogen-bond donors (Lipinski definition) is 2. The third-order valence-corrected chi connectivity index (χ3v) is 9.24. The Labute approximate surface area is 180 Å². The highest BCUT2D eigenvalue weighted by atomic mass is 31.2. The van der Waals surface area contributed by atoms with Gasteiger partial charge in [-0.05, 0) is 60.0 Å². The van der Waals surface area contributed by atoms with E-state index in [9.17, 15) is 10.2 Å². The van der Waals surface area contributed by atoms with Gasteiger partial charge in [-0.3, -0.25) is 4.57 Å². The van der Waals surface area contributed by atoms with Crippen molar-refractivity contribution in [2.75, 3.05) is 0 Å². The average Bonchev–Trinajstić information content (AvgIpc) is 2.80. The number of aromatic hydroxyl groups is 2. The molecule has 2 N–H and O–H groups in total. The monoisotopic (exact) mass is 428 g/mol. The zero-order chi connectivity index (χ0) is 21.6. The van der Waals surface area contributed by atoms with Crippen molar-refractivity contribution in [1.29, 1.82) is 0 Å². The molecule has 4 aromatic carbocycles. The molecule has 1 atom stereocenters. The fourth-order valence-electron chi connectivity index (χ4n) is 4.33. The molecule has 0 spiro atoms. The Bertz CT molecular complexity index is 1260. The summed E-state index contributed by atoms with van der Waals surface area (Å²) in [6.45, 7) is 1.90. The highest BCUT2D eigenvalue weighted by molar-refractivity contribution is 7.69. The summed E-state index contributed by atoms with van der Waals surface area (Å²) >= 11 is 0. The number of hydrogen-bond acceptors (Lipinski definition) is 4. The molecule has 5 heteroatoms. The Hall–Kier alpha value is -3.49. The molecule has 0 fully saturated rings. The maximum Gasteiger partial charge on any atom is 0.292 e. The smallest absolute Gasteiger partial charge is 0.292 e. The van der Waals surface area contributed by atoms with E-state index >= 15 is 4.57 Å². The molecule has 0 aromatic heterocycles. The molecule has 154 valence electrons. The molecule has 4 nitrogen and oxygen atoms in total. The zero-order valence-corrected chi connectivity index (χ0v) is 17.8. The summed E-state index contributed by atoms with van der Waals surface area (Å²) in [6.07, 6.45) is 0. The largest absolute Gasteiger partial charge is 0.508 e. The lowest BCUT2D eigenvalue weighted by Gasteiger charge is -2.41. The van der Waals surface area contributed by atoms with Gasteiger partial charge in [-0.2, -0.15) is 0 Å². The van der Waals surface area contributed by atoms with E-state index in [1.165, 1.54) is 0 Å². The average molecular weight is 428 g/mol. The summed E-state index contributed by atoms with van der Waals surface area (Å²) in [5, 5.41) is 19.3. The number of phenols is 2. The van der Waals surface area contributed by atoms with E-state index in [2.05, 4.69) is 0 Å². The third kappa shape index (κ3) is 2.87. The van der Waals surface area contributed by atoms with E-state index in [1.54, 1.807) is 48.5 Å². The van der Waals surface area contributed by atoms with Crippen LogP contribution in [0.2, 0.25) is 0 Å². The predicted octanol–water partition coefficient (Wildman–Crippen LogP) is 6.02. The molecule has 0 saturated carbocycles. The van der Waals surface area contributed by atoms with Crippen LogP contribution in [0.4, 0.5) is 0 Å². The van der Waals surface area contributed by atoms with Crippen molar-refractivity contribution in [3.05, 3.63) is 108 Å². The molecule has 0 radical (unpaired) electrons. The van der Waals surface area contributed by atoms with Crippen molar-refractivity contribution in [2.45, 2.75) is 12.1 Å². The van der Waals surface area contributed by atoms with E-state index < -0.39 is 12.5 Å². The van der Waals surface area contributed by atoms with Crippen LogP contribution in [0.1, 0.15) is 18.1 Å². The summed E-state index contributed by atoms with van der Waals surface area (Å²) in [7, 11) is -3.60. The van der Waals surface area contributed by atoms with E-state index in [4.69, 9.17) is 4.52 Å². The van der Waals surface area contributed by atoms with Crippen molar-refractivity contribution >= 4 is 12.7 Å². The topological polar surface area (TPSA) is 66.8 Å². The van der Waals surface area contributed by atoms with Crippen LogP contribution in [0.5, 0.6) is 17.2 Å². The van der Waals surface area contributed by atoms with Crippen molar-refractivity contribution in [3.8, 4) is 28.4 Å². The van der Waals surface area contributed by atoms with Crippen molar-refractivity contribution < 1.29 is 19.3 Å². The van der Waals surface area contributed by atoms with Gasteiger partial charge in [0.1, 0.15) is 22.4 Å². The Morgan fingerprint density at radius 1 is 0.677 bits per heavy atom. The van der Waals surface area contributed by atoms with Crippen LogP contribution in [0, 0.1) is 0 Å². The lowest BCUT2D eigenvalue weighted by atomic mass is 9.92. The van der Waals surface area contributed by atoms with Gasteiger partial charge in [0, 0.05) is 5.56 Å². The summed E-state index contributed by atoms with van der Waals surface area (Å²) in [5.74, 6) is 0.837. The van der Waals surface area contributed by atoms with Gasteiger partial charge < -0.3 is 14.7 Å². The highest BCUT2D eigenvalue weighted by Crippen LogP contribution is 2.68.